The van der Waals surface area contributed by atoms with E-state index in [1.807, 2.05) is 0 Å². The molecule has 0 amide bonds. The first-order chi connectivity index (χ1) is 9.52. The predicted octanol–water partition coefficient (Wildman–Crippen LogP) is 3.79. The summed E-state index contributed by atoms with van der Waals surface area (Å²) in [5, 5.41) is -0.613. The third-order valence-corrected chi connectivity index (χ3v) is 5.64. The number of ketones is 1. The number of carbonyl (C=O) groups excluding carboxylic acids is 1. The van der Waals surface area contributed by atoms with Gasteiger partial charge in [-0.3, -0.25) is 9.00 Å². The fourth-order valence-electron chi connectivity index (χ4n) is 1.66. The monoisotopic (exact) mass is 328 g/mol. The van der Waals surface area contributed by atoms with E-state index in [9.17, 15) is 9.00 Å². The smallest absolute Gasteiger partial charge is 0.188 e. The molecule has 1 aromatic heterocycles. The number of benzene rings is 1. The maximum absolute atomic E-state index is 12.4. The van der Waals surface area contributed by atoms with Crippen LogP contribution in [0.15, 0.2) is 41.3 Å². The molecule has 0 fully saturated rings. The first-order valence-electron chi connectivity index (χ1n) is 5.87. The molecule has 0 aliphatic rings. The highest BCUT2D eigenvalue weighted by molar-refractivity contribution is 7.86. The van der Waals surface area contributed by atoms with Crippen molar-refractivity contribution >= 4 is 39.5 Å². The van der Waals surface area contributed by atoms with Crippen LogP contribution in [-0.2, 0) is 10.8 Å². The van der Waals surface area contributed by atoms with Gasteiger partial charge in [0, 0.05) is 4.90 Å². The molecule has 0 saturated carbocycles. The van der Waals surface area contributed by atoms with Gasteiger partial charge in [-0.2, -0.15) is 0 Å². The van der Waals surface area contributed by atoms with Crippen molar-refractivity contribution in [1.82, 2.24) is 0 Å². The molecule has 0 aliphatic heterocycles. The molecule has 20 heavy (non-hydrogen) atoms. The van der Waals surface area contributed by atoms with Gasteiger partial charge >= 0.3 is 0 Å². The molecule has 0 spiro atoms. The van der Waals surface area contributed by atoms with Crippen molar-refractivity contribution in [2.75, 3.05) is 7.11 Å². The SMILES string of the molecule is COc1ccc(S(=O)C(C)C(=O)c2ccc(Cl)s2)cc1. The molecule has 2 aromatic rings. The summed E-state index contributed by atoms with van der Waals surface area (Å²) in [6.45, 7) is 1.66. The zero-order valence-corrected chi connectivity index (χ0v) is 13.3. The van der Waals surface area contributed by atoms with Crippen molar-refractivity contribution in [2.24, 2.45) is 0 Å². The first kappa shape index (κ1) is 15.2. The van der Waals surface area contributed by atoms with Crippen LogP contribution in [0.1, 0.15) is 16.6 Å². The van der Waals surface area contributed by atoms with Gasteiger partial charge in [0.15, 0.2) is 5.78 Å². The van der Waals surface area contributed by atoms with Gasteiger partial charge in [0.25, 0.3) is 0 Å². The quantitative estimate of drug-likeness (QED) is 0.784. The number of hydrogen-bond acceptors (Lipinski definition) is 4. The number of rotatable bonds is 5. The van der Waals surface area contributed by atoms with Gasteiger partial charge in [0.1, 0.15) is 11.0 Å². The number of ether oxygens (including phenoxy) is 1. The van der Waals surface area contributed by atoms with Crippen molar-refractivity contribution in [2.45, 2.75) is 17.1 Å². The highest BCUT2D eigenvalue weighted by Crippen LogP contribution is 2.25. The highest BCUT2D eigenvalue weighted by Gasteiger charge is 2.24. The van der Waals surface area contributed by atoms with E-state index in [1.54, 1.807) is 50.4 Å². The molecule has 0 N–H and O–H groups in total. The van der Waals surface area contributed by atoms with E-state index in [0.29, 0.717) is 19.9 Å². The lowest BCUT2D eigenvalue weighted by atomic mass is 10.2. The third kappa shape index (κ3) is 3.29. The van der Waals surface area contributed by atoms with Crippen LogP contribution in [0, 0.1) is 0 Å². The Morgan fingerprint density at radius 3 is 2.40 bits per heavy atom. The molecular weight excluding hydrogens is 316 g/mol. The van der Waals surface area contributed by atoms with Crippen LogP contribution < -0.4 is 4.74 Å². The first-order valence-corrected chi connectivity index (χ1v) is 8.28. The maximum Gasteiger partial charge on any atom is 0.188 e. The molecule has 1 heterocycles. The Morgan fingerprint density at radius 2 is 1.90 bits per heavy atom. The van der Waals surface area contributed by atoms with E-state index < -0.39 is 16.0 Å². The second-order valence-electron chi connectivity index (χ2n) is 4.08. The number of Topliss-reactive ketones (excluding diaryl/α,β-unsaturated/α-hetero) is 1. The largest absolute Gasteiger partial charge is 0.497 e. The molecule has 2 atom stereocenters. The Morgan fingerprint density at radius 1 is 1.25 bits per heavy atom. The standard InChI is InChI=1S/C14H13ClO3S2/c1-9(14(16)12-7-8-13(15)19-12)20(17)11-5-3-10(18-2)4-6-11/h3-9H,1-2H3. The van der Waals surface area contributed by atoms with Crippen molar-refractivity contribution < 1.29 is 13.7 Å². The highest BCUT2D eigenvalue weighted by atomic mass is 35.5. The molecule has 0 radical (unpaired) electrons. The summed E-state index contributed by atoms with van der Waals surface area (Å²) in [5.74, 6) is 0.533. The lowest BCUT2D eigenvalue weighted by molar-refractivity contribution is 0.0996. The fraction of sp³-hybridized carbons (Fsp3) is 0.214. The lowest BCUT2D eigenvalue weighted by Gasteiger charge is -2.10. The van der Waals surface area contributed by atoms with Crippen LogP contribution in [0.25, 0.3) is 0 Å². The summed E-state index contributed by atoms with van der Waals surface area (Å²) in [6.07, 6.45) is 0. The fourth-order valence-corrected chi connectivity index (χ4v) is 3.94. The minimum Gasteiger partial charge on any atom is -0.497 e. The molecule has 0 saturated heterocycles. The summed E-state index contributed by atoms with van der Waals surface area (Å²) in [5.41, 5.74) is 0. The Bertz CT molecular complexity index is 634. The minimum absolute atomic E-state index is 0.156. The molecule has 0 bridgehead atoms. The number of hydrogen-bond donors (Lipinski definition) is 0. The second-order valence-corrected chi connectivity index (χ2v) is 7.57. The average molecular weight is 329 g/mol. The molecule has 106 valence electrons. The summed E-state index contributed by atoms with van der Waals surface area (Å²) in [6, 6.07) is 10.2. The number of halogens is 1. The van der Waals surface area contributed by atoms with Gasteiger partial charge in [-0.25, -0.2) is 0 Å². The molecule has 6 heteroatoms. The predicted molar refractivity (Wildman–Crippen MR) is 82.5 cm³/mol. The molecular formula is C14H13ClO3S2. The van der Waals surface area contributed by atoms with Gasteiger partial charge in [-0.1, -0.05) is 11.6 Å². The summed E-state index contributed by atoms with van der Waals surface area (Å²) in [7, 11) is 0.167. The summed E-state index contributed by atoms with van der Waals surface area (Å²) >= 11 is 7.02. The van der Waals surface area contributed by atoms with Crippen LogP contribution in [0.5, 0.6) is 5.75 Å². The molecule has 1 aromatic carbocycles. The van der Waals surface area contributed by atoms with Crippen molar-refractivity contribution in [3.8, 4) is 5.75 Å². The lowest BCUT2D eigenvalue weighted by Crippen LogP contribution is -2.22. The zero-order valence-electron chi connectivity index (χ0n) is 11.0. The topological polar surface area (TPSA) is 43.4 Å². The van der Waals surface area contributed by atoms with E-state index in [1.165, 1.54) is 11.3 Å². The summed E-state index contributed by atoms with van der Waals surface area (Å²) < 4.78 is 18.0. The maximum atomic E-state index is 12.4. The molecule has 3 nitrogen and oxygen atoms in total. The van der Waals surface area contributed by atoms with E-state index in [4.69, 9.17) is 16.3 Å². The second kappa shape index (κ2) is 6.52. The normalized spacial score (nSPS) is 13.8. The Labute approximate surface area is 129 Å². The van der Waals surface area contributed by atoms with E-state index >= 15 is 0 Å². The minimum atomic E-state index is -1.40. The van der Waals surface area contributed by atoms with Crippen LogP contribution in [-0.4, -0.2) is 22.4 Å². The van der Waals surface area contributed by atoms with Crippen molar-refractivity contribution in [3.63, 3.8) is 0 Å². The van der Waals surface area contributed by atoms with Gasteiger partial charge in [0.05, 0.1) is 27.1 Å². The Kier molecular flexibility index (Phi) is 4.96. The van der Waals surface area contributed by atoms with E-state index in [0.717, 1.165) is 0 Å². The van der Waals surface area contributed by atoms with Crippen LogP contribution in [0.4, 0.5) is 0 Å². The molecule has 0 aliphatic carbocycles. The van der Waals surface area contributed by atoms with E-state index in [-0.39, 0.29) is 5.78 Å². The number of thiophene rings is 1. The van der Waals surface area contributed by atoms with Crippen LogP contribution in [0.3, 0.4) is 0 Å². The summed E-state index contributed by atoms with van der Waals surface area (Å²) in [4.78, 5) is 13.4. The van der Waals surface area contributed by atoms with Crippen molar-refractivity contribution in [3.05, 3.63) is 45.6 Å². The number of methoxy groups -OCH3 is 1. The number of carbonyl (C=O) groups is 1. The Balaban J connectivity index is 2.17. The van der Waals surface area contributed by atoms with Gasteiger partial charge in [0.2, 0.25) is 0 Å². The van der Waals surface area contributed by atoms with Gasteiger partial charge in [-0.15, -0.1) is 11.3 Å². The zero-order chi connectivity index (χ0) is 14.7. The molecule has 2 rings (SSSR count). The average Bonchev–Trinajstić information content (AvgIpc) is 2.91. The van der Waals surface area contributed by atoms with E-state index in [2.05, 4.69) is 0 Å². The third-order valence-electron chi connectivity index (χ3n) is 2.80. The Hall–Kier alpha value is -1.17. The van der Waals surface area contributed by atoms with Crippen LogP contribution >= 0.6 is 22.9 Å². The molecule has 2 unspecified atom stereocenters. The van der Waals surface area contributed by atoms with Crippen molar-refractivity contribution in [1.29, 1.82) is 0 Å². The van der Waals surface area contributed by atoms with Gasteiger partial charge < -0.3 is 4.74 Å². The van der Waals surface area contributed by atoms with Crippen LogP contribution in [0.2, 0.25) is 4.34 Å². The van der Waals surface area contributed by atoms with Gasteiger partial charge in [-0.05, 0) is 43.3 Å².